The molecular formula is C30H36F2N8O2. The Bertz CT molecular complexity index is 1630. The summed E-state index contributed by atoms with van der Waals surface area (Å²) in [5.74, 6) is -1.14. The third kappa shape index (κ3) is 6.33. The molecule has 0 spiro atoms. The van der Waals surface area contributed by atoms with Crippen molar-refractivity contribution in [3.8, 4) is 17.0 Å². The van der Waals surface area contributed by atoms with Gasteiger partial charge in [0.15, 0.2) is 17.3 Å². The minimum atomic E-state index is -0.717. The first-order valence-corrected chi connectivity index (χ1v) is 13.4. The highest BCUT2D eigenvalue weighted by molar-refractivity contribution is 6.02. The van der Waals surface area contributed by atoms with E-state index in [0.29, 0.717) is 29.4 Å². The number of nitrogens with zero attached hydrogens (tertiary/aromatic N) is 6. The summed E-state index contributed by atoms with van der Waals surface area (Å²) in [6, 6.07) is 4.67. The highest BCUT2D eigenvalue weighted by Crippen LogP contribution is 2.38. The summed E-state index contributed by atoms with van der Waals surface area (Å²) >= 11 is 0. The Balaban J connectivity index is 1.76. The van der Waals surface area contributed by atoms with Gasteiger partial charge in [-0.2, -0.15) is 0 Å². The number of rotatable bonds is 11. The van der Waals surface area contributed by atoms with Gasteiger partial charge in [-0.25, -0.2) is 23.7 Å². The minimum Gasteiger partial charge on any atom is -0.494 e. The molecule has 0 radical (unpaired) electrons. The van der Waals surface area contributed by atoms with Crippen molar-refractivity contribution >= 4 is 34.6 Å². The lowest BCUT2D eigenvalue weighted by Crippen LogP contribution is -2.29. The number of pyridine rings is 1. The number of benzene rings is 1. The monoisotopic (exact) mass is 578 g/mol. The average molecular weight is 579 g/mol. The van der Waals surface area contributed by atoms with Gasteiger partial charge in [-0.05, 0) is 45.1 Å². The zero-order valence-corrected chi connectivity index (χ0v) is 24.9. The van der Waals surface area contributed by atoms with Gasteiger partial charge in [0.1, 0.15) is 11.4 Å². The predicted octanol–water partition coefficient (Wildman–Crippen LogP) is 5.38. The molecule has 0 saturated carbocycles. The van der Waals surface area contributed by atoms with Crippen LogP contribution in [0.2, 0.25) is 0 Å². The molecule has 0 aliphatic heterocycles. The van der Waals surface area contributed by atoms with Crippen molar-refractivity contribution < 1.29 is 18.3 Å². The van der Waals surface area contributed by atoms with E-state index in [4.69, 9.17) is 4.74 Å². The van der Waals surface area contributed by atoms with Gasteiger partial charge in [0.25, 0.3) is 0 Å². The second-order valence-corrected chi connectivity index (χ2v) is 10.5. The van der Waals surface area contributed by atoms with Gasteiger partial charge in [0.2, 0.25) is 11.9 Å². The molecule has 2 N–H and O–H groups in total. The van der Waals surface area contributed by atoms with E-state index in [0.717, 1.165) is 24.1 Å². The second-order valence-electron chi connectivity index (χ2n) is 10.5. The molecule has 3 heterocycles. The molecule has 0 aliphatic rings. The Labute approximate surface area is 244 Å². The summed E-state index contributed by atoms with van der Waals surface area (Å²) in [5, 5.41) is 5.90. The summed E-state index contributed by atoms with van der Waals surface area (Å²) < 4.78 is 37.5. The largest absolute Gasteiger partial charge is 0.494 e. The lowest BCUT2D eigenvalue weighted by Gasteiger charge is -2.26. The van der Waals surface area contributed by atoms with Crippen LogP contribution in [0, 0.1) is 18.6 Å². The van der Waals surface area contributed by atoms with Gasteiger partial charge in [-0.1, -0.05) is 20.4 Å². The van der Waals surface area contributed by atoms with Crippen LogP contribution in [-0.4, -0.2) is 71.5 Å². The van der Waals surface area contributed by atoms with Gasteiger partial charge < -0.3 is 29.6 Å². The van der Waals surface area contributed by atoms with Crippen LogP contribution in [0.25, 0.3) is 16.9 Å². The maximum absolute atomic E-state index is 15.1. The first-order valence-electron chi connectivity index (χ1n) is 13.4. The summed E-state index contributed by atoms with van der Waals surface area (Å²) in [4.78, 5) is 29.1. The molecule has 10 nitrogen and oxygen atoms in total. The average Bonchev–Trinajstić information content (AvgIpc) is 3.29. The molecule has 222 valence electrons. The van der Waals surface area contributed by atoms with Crippen molar-refractivity contribution in [1.82, 2.24) is 24.3 Å². The third-order valence-corrected chi connectivity index (χ3v) is 6.76. The number of anilines is 4. The molecule has 1 amide bonds. The van der Waals surface area contributed by atoms with Crippen molar-refractivity contribution in [2.24, 2.45) is 0 Å². The molecule has 1 aromatic carbocycles. The van der Waals surface area contributed by atoms with E-state index >= 15 is 8.78 Å². The van der Waals surface area contributed by atoms with Crippen LogP contribution in [0.15, 0.2) is 43.2 Å². The molecule has 4 aromatic rings. The van der Waals surface area contributed by atoms with E-state index < -0.39 is 11.6 Å². The molecule has 12 heteroatoms. The quantitative estimate of drug-likeness (QED) is 0.229. The Morgan fingerprint density at radius 1 is 1.12 bits per heavy atom. The van der Waals surface area contributed by atoms with Gasteiger partial charge in [-0.15, -0.1) is 0 Å². The first-order chi connectivity index (χ1) is 19.9. The minimum absolute atomic E-state index is 0.0470. The van der Waals surface area contributed by atoms with Crippen LogP contribution in [0.4, 0.5) is 31.8 Å². The van der Waals surface area contributed by atoms with Crippen LogP contribution in [0.1, 0.15) is 31.2 Å². The number of amides is 1. The number of nitrogens with one attached hydrogen (secondary N) is 2. The molecule has 0 unspecified atom stereocenters. The zero-order chi connectivity index (χ0) is 30.7. The van der Waals surface area contributed by atoms with Gasteiger partial charge in [0.05, 0.1) is 36.1 Å². The second kappa shape index (κ2) is 12.5. The molecule has 0 fully saturated rings. The van der Waals surface area contributed by atoms with Crippen molar-refractivity contribution in [3.05, 3.63) is 66.3 Å². The highest BCUT2D eigenvalue weighted by atomic mass is 19.1. The number of fused-ring (bicyclic) bond motifs is 1. The van der Waals surface area contributed by atoms with Crippen molar-refractivity contribution in [3.63, 3.8) is 0 Å². The van der Waals surface area contributed by atoms with Crippen LogP contribution in [-0.2, 0) is 4.79 Å². The molecule has 0 bridgehead atoms. The van der Waals surface area contributed by atoms with Crippen LogP contribution in [0.5, 0.6) is 5.75 Å². The van der Waals surface area contributed by atoms with E-state index in [1.807, 2.05) is 46.8 Å². The molecule has 0 aliphatic carbocycles. The lowest BCUT2D eigenvalue weighted by molar-refractivity contribution is -0.111. The SMILES string of the molecule is C=CC(=O)Nc1cc(Nc2ncc(F)c(-c3cc(F)c4nc(C)c(C(C)C)n4c3)n2)c(OC)cc1N(C)CCN(C)C. The summed E-state index contributed by atoms with van der Waals surface area (Å²) in [5.41, 5.74) is 3.48. The number of carbonyl (C=O) groups excluding carboxylic acids is 1. The number of imidazole rings is 1. The van der Waals surface area contributed by atoms with Crippen molar-refractivity contribution in [2.75, 3.05) is 56.9 Å². The van der Waals surface area contributed by atoms with Gasteiger partial charge >= 0.3 is 0 Å². The third-order valence-electron chi connectivity index (χ3n) is 6.76. The van der Waals surface area contributed by atoms with Crippen LogP contribution < -0.4 is 20.3 Å². The van der Waals surface area contributed by atoms with E-state index in [2.05, 4.69) is 37.1 Å². The lowest BCUT2D eigenvalue weighted by atomic mass is 10.1. The van der Waals surface area contributed by atoms with E-state index in [1.54, 1.807) is 22.7 Å². The Kier molecular flexibility index (Phi) is 9.05. The van der Waals surface area contributed by atoms with Gasteiger partial charge in [-0.3, -0.25) is 4.79 Å². The van der Waals surface area contributed by atoms with Crippen molar-refractivity contribution in [2.45, 2.75) is 26.7 Å². The maximum atomic E-state index is 15.1. The Hall–Kier alpha value is -4.58. The standard InChI is InChI=1S/C30H36F2N8O2/c1-9-26(41)35-22-13-23(25(42-8)14-24(22)39(7)11-10-38(5)6)36-30-33-15-21(32)27(37-30)19-12-20(31)29-34-18(4)28(17(2)3)40(29)16-19/h9,12-17H,1,10-11H2,2-8H3,(H,35,41)(H,33,36,37). The maximum Gasteiger partial charge on any atom is 0.247 e. The fourth-order valence-corrected chi connectivity index (χ4v) is 4.72. The predicted molar refractivity (Wildman–Crippen MR) is 162 cm³/mol. The number of methoxy groups -OCH3 is 1. The topological polar surface area (TPSA) is 99.9 Å². The number of aromatic nitrogens is 4. The van der Waals surface area contributed by atoms with E-state index in [-0.39, 0.29) is 34.7 Å². The fourth-order valence-electron chi connectivity index (χ4n) is 4.72. The van der Waals surface area contributed by atoms with E-state index in [1.165, 1.54) is 19.3 Å². The Morgan fingerprint density at radius 3 is 2.50 bits per heavy atom. The normalized spacial score (nSPS) is 11.3. The molecule has 4 rings (SSSR count). The van der Waals surface area contributed by atoms with Crippen LogP contribution in [0.3, 0.4) is 0 Å². The summed E-state index contributed by atoms with van der Waals surface area (Å²) in [7, 11) is 7.38. The molecule has 3 aromatic heterocycles. The molecule has 0 saturated heterocycles. The van der Waals surface area contributed by atoms with E-state index in [9.17, 15) is 4.79 Å². The number of hydrogen-bond acceptors (Lipinski definition) is 8. The smallest absolute Gasteiger partial charge is 0.247 e. The summed E-state index contributed by atoms with van der Waals surface area (Å²) in [6.45, 7) is 10.8. The number of likely N-dealkylation sites (N-methyl/N-ethyl adjacent to an activating group) is 2. The molecular weight excluding hydrogens is 542 g/mol. The highest BCUT2D eigenvalue weighted by Gasteiger charge is 2.20. The number of ether oxygens (including phenoxy) is 1. The Morgan fingerprint density at radius 2 is 1.86 bits per heavy atom. The number of hydrogen-bond donors (Lipinski definition) is 2. The summed E-state index contributed by atoms with van der Waals surface area (Å²) in [6.07, 6.45) is 3.83. The van der Waals surface area contributed by atoms with Gasteiger partial charge in [0, 0.05) is 43.7 Å². The number of aryl methyl sites for hydroxylation is 1. The first kappa shape index (κ1) is 30.4. The number of halogens is 2. The van der Waals surface area contributed by atoms with Crippen LogP contribution >= 0.6 is 0 Å². The fraction of sp³-hybridized carbons (Fsp3) is 0.333. The molecule has 0 atom stereocenters. The number of carbonyl (C=O) groups is 1. The zero-order valence-electron chi connectivity index (χ0n) is 24.9. The van der Waals surface area contributed by atoms with Crippen molar-refractivity contribution in [1.29, 1.82) is 0 Å². The molecule has 42 heavy (non-hydrogen) atoms.